The van der Waals surface area contributed by atoms with Gasteiger partial charge >= 0.3 is 0 Å². The first kappa shape index (κ1) is 29.8. The van der Waals surface area contributed by atoms with Crippen molar-refractivity contribution in [3.8, 4) is 11.1 Å². The summed E-state index contributed by atoms with van der Waals surface area (Å²) >= 11 is 0. The van der Waals surface area contributed by atoms with E-state index in [9.17, 15) is 9.59 Å². The minimum Gasteiger partial charge on any atom is -0.373 e. The second-order valence-electron chi connectivity index (χ2n) is 12.0. The number of nitrogens with one attached hydrogen (secondary N) is 1. The molecule has 0 aromatic carbocycles. The number of ether oxygens (including phenoxy) is 1. The summed E-state index contributed by atoms with van der Waals surface area (Å²) in [4.78, 5) is 43.9. The highest BCUT2D eigenvalue weighted by molar-refractivity contribution is 5.94. The summed E-state index contributed by atoms with van der Waals surface area (Å²) in [6.07, 6.45) is 8.06. The molecule has 2 amide bonds. The van der Waals surface area contributed by atoms with Gasteiger partial charge in [-0.1, -0.05) is 6.92 Å². The molecule has 1 saturated carbocycles. The number of hydrogen-bond acceptors (Lipinski definition) is 8. The summed E-state index contributed by atoms with van der Waals surface area (Å²) in [5.41, 5.74) is 5.17. The van der Waals surface area contributed by atoms with E-state index in [0.717, 1.165) is 53.8 Å². The number of amides is 2. The lowest BCUT2D eigenvalue weighted by Gasteiger charge is -2.49. The molecule has 6 rings (SSSR count). The summed E-state index contributed by atoms with van der Waals surface area (Å²) < 4.78 is 7.28. The van der Waals surface area contributed by atoms with Gasteiger partial charge in [0.1, 0.15) is 6.61 Å². The SMILES string of the molecule is CCCOCc1ncc(-c2ccn3nc(NC(=O)C4CC(N5CCN(C(=O)c6cc(C)nc(C)c6)C[C@@H]5C)C4)cc3c2)cn1. The van der Waals surface area contributed by atoms with Gasteiger partial charge in [-0.05, 0) is 69.9 Å². The Morgan fingerprint density at radius 2 is 1.77 bits per heavy atom. The summed E-state index contributed by atoms with van der Waals surface area (Å²) in [5, 5.41) is 7.57. The van der Waals surface area contributed by atoms with Crippen LogP contribution in [0.1, 0.15) is 60.7 Å². The van der Waals surface area contributed by atoms with Gasteiger partial charge in [-0.3, -0.25) is 19.5 Å². The van der Waals surface area contributed by atoms with Crippen molar-refractivity contribution in [1.82, 2.24) is 34.4 Å². The van der Waals surface area contributed by atoms with Crippen LogP contribution in [0.5, 0.6) is 0 Å². The number of rotatable bonds is 9. The molecule has 4 aromatic rings. The average molecular weight is 597 g/mol. The molecule has 1 N–H and O–H groups in total. The number of carbonyl (C=O) groups is 2. The molecule has 0 unspecified atom stereocenters. The van der Waals surface area contributed by atoms with Gasteiger partial charge in [0.25, 0.3) is 5.91 Å². The van der Waals surface area contributed by atoms with Crippen LogP contribution >= 0.6 is 0 Å². The van der Waals surface area contributed by atoms with E-state index >= 15 is 0 Å². The van der Waals surface area contributed by atoms with Crippen LogP contribution in [0.15, 0.2) is 48.9 Å². The Morgan fingerprint density at radius 1 is 1.02 bits per heavy atom. The number of nitrogens with zero attached hydrogens (tertiary/aromatic N) is 7. The molecule has 1 atom stereocenters. The molecule has 44 heavy (non-hydrogen) atoms. The first-order valence-corrected chi connectivity index (χ1v) is 15.5. The monoisotopic (exact) mass is 596 g/mol. The zero-order valence-corrected chi connectivity index (χ0v) is 25.9. The predicted molar refractivity (Wildman–Crippen MR) is 167 cm³/mol. The lowest BCUT2D eigenvalue weighted by molar-refractivity contribution is -0.125. The molecule has 11 heteroatoms. The first-order valence-electron chi connectivity index (χ1n) is 15.5. The lowest BCUT2D eigenvalue weighted by Crippen LogP contribution is -2.60. The molecule has 11 nitrogen and oxygen atoms in total. The van der Waals surface area contributed by atoms with Crippen LogP contribution in [0.2, 0.25) is 0 Å². The highest BCUT2D eigenvalue weighted by atomic mass is 16.5. The second kappa shape index (κ2) is 12.8. The zero-order chi connectivity index (χ0) is 30.8. The van der Waals surface area contributed by atoms with Crippen molar-refractivity contribution in [3.05, 3.63) is 71.7 Å². The minimum atomic E-state index is -0.0491. The summed E-state index contributed by atoms with van der Waals surface area (Å²) in [6, 6.07) is 10.2. The number of piperazine rings is 1. The average Bonchev–Trinajstić information content (AvgIpc) is 3.38. The molecule has 4 aromatic heterocycles. The van der Waals surface area contributed by atoms with E-state index in [1.54, 1.807) is 16.9 Å². The number of aromatic nitrogens is 5. The molecule has 2 fully saturated rings. The van der Waals surface area contributed by atoms with Gasteiger partial charge in [0.2, 0.25) is 5.91 Å². The van der Waals surface area contributed by atoms with Gasteiger partial charge < -0.3 is 15.0 Å². The maximum Gasteiger partial charge on any atom is 0.254 e. The number of aryl methyl sites for hydroxylation is 2. The van der Waals surface area contributed by atoms with E-state index < -0.39 is 0 Å². The number of anilines is 1. The van der Waals surface area contributed by atoms with Crippen LogP contribution in [-0.4, -0.2) is 84.5 Å². The van der Waals surface area contributed by atoms with Crippen molar-refractivity contribution in [2.45, 2.75) is 65.6 Å². The Balaban J connectivity index is 1.01. The fourth-order valence-corrected chi connectivity index (χ4v) is 6.26. The van der Waals surface area contributed by atoms with E-state index in [2.05, 4.69) is 44.1 Å². The van der Waals surface area contributed by atoms with Gasteiger partial charge in [0, 0.05) is 91.4 Å². The largest absolute Gasteiger partial charge is 0.373 e. The normalized spacial score (nSPS) is 20.5. The van der Waals surface area contributed by atoms with Gasteiger partial charge in [-0.2, -0.15) is 5.10 Å². The quantitative estimate of drug-likeness (QED) is 0.285. The van der Waals surface area contributed by atoms with Crippen molar-refractivity contribution in [2.75, 3.05) is 31.6 Å². The molecule has 0 spiro atoms. The van der Waals surface area contributed by atoms with Crippen molar-refractivity contribution in [3.63, 3.8) is 0 Å². The molecule has 2 aliphatic rings. The fraction of sp³-hybridized carbons (Fsp3) is 0.455. The lowest BCUT2D eigenvalue weighted by atomic mass is 9.78. The van der Waals surface area contributed by atoms with E-state index in [1.165, 1.54) is 0 Å². The van der Waals surface area contributed by atoms with Crippen LogP contribution in [0.4, 0.5) is 5.82 Å². The third-order valence-corrected chi connectivity index (χ3v) is 8.58. The third kappa shape index (κ3) is 6.48. The van der Waals surface area contributed by atoms with Gasteiger partial charge in [0.15, 0.2) is 11.6 Å². The zero-order valence-electron chi connectivity index (χ0n) is 25.9. The molecule has 1 aliphatic carbocycles. The number of pyridine rings is 2. The maximum absolute atomic E-state index is 13.1. The molecule has 0 radical (unpaired) electrons. The van der Waals surface area contributed by atoms with Crippen LogP contribution in [0.3, 0.4) is 0 Å². The van der Waals surface area contributed by atoms with Crippen molar-refractivity contribution >= 4 is 23.1 Å². The van der Waals surface area contributed by atoms with Crippen molar-refractivity contribution in [2.24, 2.45) is 5.92 Å². The summed E-state index contributed by atoms with van der Waals surface area (Å²) in [6.45, 7) is 11.3. The van der Waals surface area contributed by atoms with Crippen LogP contribution in [0.25, 0.3) is 16.6 Å². The number of fused-ring (bicyclic) bond motifs is 1. The summed E-state index contributed by atoms with van der Waals surface area (Å²) in [7, 11) is 0. The van der Waals surface area contributed by atoms with E-state index in [0.29, 0.717) is 49.6 Å². The second-order valence-corrected chi connectivity index (χ2v) is 12.0. The van der Waals surface area contributed by atoms with E-state index in [1.807, 2.05) is 55.3 Å². The predicted octanol–water partition coefficient (Wildman–Crippen LogP) is 4.29. The molecule has 0 bridgehead atoms. The van der Waals surface area contributed by atoms with Gasteiger partial charge in [-0.15, -0.1) is 0 Å². The Kier molecular flexibility index (Phi) is 8.67. The smallest absolute Gasteiger partial charge is 0.254 e. The fourth-order valence-electron chi connectivity index (χ4n) is 6.26. The maximum atomic E-state index is 13.1. The highest BCUT2D eigenvalue weighted by Gasteiger charge is 2.41. The highest BCUT2D eigenvalue weighted by Crippen LogP contribution is 2.35. The van der Waals surface area contributed by atoms with Gasteiger partial charge in [-0.25, -0.2) is 14.5 Å². The Morgan fingerprint density at radius 3 is 2.48 bits per heavy atom. The van der Waals surface area contributed by atoms with Crippen LogP contribution < -0.4 is 5.32 Å². The molecule has 230 valence electrons. The minimum absolute atomic E-state index is 0.00375. The molecule has 5 heterocycles. The molecular formula is C33H40N8O3. The van der Waals surface area contributed by atoms with Crippen LogP contribution in [-0.2, 0) is 16.1 Å². The Bertz CT molecular complexity index is 1630. The molecular weight excluding hydrogens is 556 g/mol. The first-order chi connectivity index (χ1) is 21.3. The standard InChI is InChI=1S/C33H40N8O3/c1-5-10-44-20-31-34-17-27(18-35-31)24-6-7-41-29(13-24)16-30(38-41)37-32(42)25-14-28(15-25)40-9-8-39(19-23(40)4)33(43)26-11-21(2)36-22(3)12-26/h6-7,11-13,16-18,23,25,28H,5,8-10,14-15,19-20H2,1-4H3,(H,37,38,42)/t23-,25?,28?/m0/s1. The van der Waals surface area contributed by atoms with Crippen molar-refractivity contribution in [1.29, 1.82) is 0 Å². The van der Waals surface area contributed by atoms with E-state index in [-0.39, 0.29) is 23.8 Å². The molecule has 1 saturated heterocycles. The van der Waals surface area contributed by atoms with Crippen LogP contribution in [0, 0.1) is 19.8 Å². The number of hydrogen-bond donors (Lipinski definition) is 1. The van der Waals surface area contributed by atoms with Gasteiger partial charge in [0.05, 0.1) is 5.52 Å². The third-order valence-electron chi connectivity index (χ3n) is 8.58. The topological polar surface area (TPSA) is 118 Å². The Hall–Kier alpha value is -4.22. The molecule has 1 aliphatic heterocycles. The summed E-state index contributed by atoms with van der Waals surface area (Å²) in [5.74, 6) is 1.22. The van der Waals surface area contributed by atoms with E-state index in [4.69, 9.17) is 4.74 Å². The Labute approximate surface area is 257 Å². The number of carbonyl (C=O) groups excluding carboxylic acids is 2. The van der Waals surface area contributed by atoms with Crippen molar-refractivity contribution < 1.29 is 14.3 Å².